The van der Waals surface area contributed by atoms with Crippen LogP contribution in [0.15, 0.2) is 67.0 Å². The van der Waals surface area contributed by atoms with E-state index in [0.29, 0.717) is 39.4 Å². The molecule has 1 saturated heterocycles. The first-order valence-electron chi connectivity index (χ1n) is 16.3. The second-order valence-corrected chi connectivity index (χ2v) is 13.3. The molecule has 0 spiro atoms. The predicted molar refractivity (Wildman–Crippen MR) is 189 cm³/mol. The van der Waals surface area contributed by atoms with E-state index in [0.717, 1.165) is 59.3 Å². The molecule has 1 aromatic heterocycles. The van der Waals surface area contributed by atoms with E-state index in [4.69, 9.17) is 37.4 Å². The summed E-state index contributed by atoms with van der Waals surface area (Å²) in [6.45, 7) is 3.78. The van der Waals surface area contributed by atoms with Gasteiger partial charge in [-0.1, -0.05) is 60.0 Å². The number of nitriles is 1. The lowest BCUT2D eigenvalue weighted by atomic mass is 9.92. The van der Waals surface area contributed by atoms with E-state index >= 15 is 0 Å². The fourth-order valence-electron chi connectivity index (χ4n) is 5.73. The molecule has 2 heterocycles. The van der Waals surface area contributed by atoms with E-state index in [-0.39, 0.29) is 19.8 Å². The molecule has 0 amide bonds. The van der Waals surface area contributed by atoms with Crippen LogP contribution in [0, 0.1) is 23.7 Å². The Morgan fingerprint density at radius 3 is 2.27 bits per heavy atom. The van der Waals surface area contributed by atoms with Gasteiger partial charge < -0.3 is 29.5 Å². The van der Waals surface area contributed by atoms with Crippen molar-refractivity contribution in [1.82, 2.24) is 9.88 Å². The number of piperidine rings is 1. The van der Waals surface area contributed by atoms with Crippen LogP contribution in [0.25, 0.3) is 11.1 Å². The number of aromatic nitrogens is 1. The van der Waals surface area contributed by atoms with E-state index in [1.807, 2.05) is 49.4 Å². The zero-order chi connectivity index (χ0) is 34.8. The number of pyridine rings is 1. The number of aliphatic hydroxyl groups is 3. The van der Waals surface area contributed by atoms with Crippen LogP contribution in [0.5, 0.6) is 17.2 Å². The van der Waals surface area contributed by atoms with E-state index in [1.54, 1.807) is 18.3 Å². The summed E-state index contributed by atoms with van der Waals surface area (Å²) in [5.41, 5.74) is 4.54. The molecular weight excluding hydrogens is 665 g/mol. The van der Waals surface area contributed by atoms with Crippen molar-refractivity contribution in [2.24, 2.45) is 5.41 Å². The zero-order valence-corrected chi connectivity index (χ0v) is 29.0. The fraction of sp³-hybridized carbons (Fsp3) is 0.368. The van der Waals surface area contributed by atoms with Crippen LogP contribution in [0.1, 0.15) is 47.1 Å². The number of hydrogen-bond donors (Lipinski definition) is 3. The summed E-state index contributed by atoms with van der Waals surface area (Å²) in [7, 11) is 0. The molecule has 4 aromatic rings. The van der Waals surface area contributed by atoms with E-state index in [2.05, 4.69) is 16.0 Å². The first kappa shape index (κ1) is 36.4. The van der Waals surface area contributed by atoms with Crippen LogP contribution in [-0.2, 0) is 19.8 Å². The molecule has 1 fully saturated rings. The summed E-state index contributed by atoms with van der Waals surface area (Å²) in [4.78, 5) is 6.56. The molecule has 49 heavy (non-hydrogen) atoms. The van der Waals surface area contributed by atoms with Gasteiger partial charge in [-0.25, -0.2) is 0 Å². The van der Waals surface area contributed by atoms with Gasteiger partial charge in [0.25, 0.3) is 0 Å². The summed E-state index contributed by atoms with van der Waals surface area (Å²) in [5, 5.41) is 39.2. The van der Waals surface area contributed by atoms with Crippen LogP contribution in [-0.4, -0.2) is 64.7 Å². The molecular formula is C38H41Cl2N3O6. The maximum Gasteiger partial charge on any atom is 0.142 e. The number of rotatable bonds is 15. The van der Waals surface area contributed by atoms with Crippen LogP contribution >= 0.6 is 23.2 Å². The fourth-order valence-corrected chi connectivity index (χ4v) is 6.25. The van der Waals surface area contributed by atoms with Crippen molar-refractivity contribution in [3.63, 3.8) is 0 Å². The summed E-state index contributed by atoms with van der Waals surface area (Å²) in [6, 6.07) is 18.9. The molecule has 0 atom stereocenters. The minimum absolute atomic E-state index is 0.112. The topological polar surface area (TPSA) is 128 Å². The van der Waals surface area contributed by atoms with Crippen molar-refractivity contribution < 1.29 is 29.5 Å². The van der Waals surface area contributed by atoms with Crippen LogP contribution < -0.4 is 14.2 Å². The van der Waals surface area contributed by atoms with Crippen molar-refractivity contribution in [2.75, 3.05) is 39.5 Å². The van der Waals surface area contributed by atoms with Gasteiger partial charge in [-0.15, -0.1) is 0 Å². The number of aliphatic hydroxyl groups excluding tert-OH is 3. The molecule has 0 saturated carbocycles. The van der Waals surface area contributed by atoms with Crippen molar-refractivity contribution in [2.45, 2.75) is 45.9 Å². The molecule has 3 aromatic carbocycles. The Labute approximate surface area is 297 Å². The highest BCUT2D eigenvalue weighted by Gasteiger charge is 2.30. The molecule has 5 rings (SSSR count). The maximum absolute atomic E-state index is 9.69. The summed E-state index contributed by atoms with van der Waals surface area (Å²) >= 11 is 13.6. The third kappa shape index (κ3) is 9.03. The monoisotopic (exact) mass is 705 g/mol. The molecule has 1 aliphatic rings. The van der Waals surface area contributed by atoms with Gasteiger partial charge in [-0.05, 0) is 67.7 Å². The number of hydrogen-bond acceptors (Lipinski definition) is 9. The quantitative estimate of drug-likeness (QED) is 0.123. The Bertz CT molecular complexity index is 1760. The Balaban J connectivity index is 1.36. The lowest BCUT2D eigenvalue weighted by molar-refractivity contribution is -0.0258. The number of likely N-dealkylation sites (tertiary alicyclic amines) is 1. The van der Waals surface area contributed by atoms with Gasteiger partial charge >= 0.3 is 0 Å². The Hall–Kier alpha value is -3.88. The van der Waals surface area contributed by atoms with Crippen molar-refractivity contribution >= 4 is 23.2 Å². The van der Waals surface area contributed by atoms with Gasteiger partial charge in [-0.3, -0.25) is 9.88 Å². The number of ether oxygens (including phenoxy) is 3. The average Bonchev–Trinajstić information content (AvgIpc) is 3.13. The normalized spacial score (nSPS) is 13.6. The third-order valence-corrected chi connectivity index (χ3v) is 9.58. The smallest absolute Gasteiger partial charge is 0.142 e. The minimum atomic E-state index is -1.19. The van der Waals surface area contributed by atoms with Gasteiger partial charge in [0.2, 0.25) is 0 Å². The van der Waals surface area contributed by atoms with Gasteiger partial charge in [0.05, 0.1) is 40.8 Å². The zero-order valence-electron chi connectivity index (χ0n) is 27.5. The molecule has 0 radical (unpaired) electrons. The molecule has 3 N–H and O–H groups in total. The Kier molecular flexibility index (Phi) is 12.8. The summed E-state index contributed by atoms with van der Waals surface area (Å²) in [5.74, 6) is 1.52. The van der Waals surface area contributed by atoms with Gasteiger partial charge in [-0.2, -0.15) is 5.26 Å². The van der Waals surface area contributed by atoms with E-state index < -0.39 is 25.2 Å². The van der Waals surface area contributed by atoms with Crippen molar-refractivity contribution in [3.8, 4) is 34.4 Å². The lowest BCUT2D eigenvalue weighted by Crippen LogP contribution is -2.39. The molecule has 258 valence electrons. The average molecular weight is 707 g/mol. The van der Waals surface area contributed by atoms with Crippen LogP contribution in [0.4, 0.5) is 0 Å². The first-order chi connectivity index (χ1) is 23.8. The third-order valence-electron chi connectivity index (χ3n) is 8.90. The molecule has 1 aliphatic heterocycles. The molecule has 0 unspecified atom stereocenters. The van der Waals surface area contributed by atoms with Gasteiger partial charge in [0, 0.05) is 41.7 Å². The SMILES string of the molecule is Cc1c(COc2cc(OCc3cncc(C#N)c3)c(CN3CCCCC3)cc2Cl)cccc1-c1cccc(OCC(CO)(CO)CO)c1Cl. The maximum atomic E-state index is 9.69. The van der Waals surface area contributed by atoms with E-state index in [9.17, 15) is 20.6 Å². The summed E-state index contributed by atoms with van der Waals surface area (Å²) in [6.07, 6.45) is 6.78. The highest BCUT2D eigenvalue weighted by Crippen LogP contribution is 2.39. The van der Waals surface area contributed by atoms with Crippen molar-refractivity contribution in [1.29, 1.82) is 5.26 Å². The highest BCUT2D eigenvalue weighted by molar-refractivity contribution is 6.35. The lowest BCUT2D eigenvalue weighted by Gasteiger charge is -2.27. The van der Waals surface area contributed by atoms with Crippen molar-refractivity contribution in [3.05, 3.63) is 105 Å². The molecule has 0 bridgehead atoms. The van der Waals surface area contributed by atoms with Gasteiger partial charge in [0.15, 0.2) is 0 Å². The molecule has 9 nitrogen and oxygen atoms in total. The number of nitrogens with zero attached hydrogens (tertiary/aromatic N) is 3. The standard InChI is InChI=1S/C38H41Cl2N3O6/c1-26-29(7-5-8-31(26)32-9-6-10-34(37(32)40)49-25-38(22-44,23-45)24-46)21-48-36-15-35(47-20-28-13-27(16-41)17-42-18-28)30(14-33(36)39)19-43-11-3-2-4-12-43/h5-10,13-15,17-18,44-46H,2-4,11-12,19-25H2,1H3. The molecule has 11 heteroatoms. The first-order valence-corrected chi connectivity index (χ1v) is 17.0. The minimum Gasteiger partial charge on any atom is -0.491 e. The number of benzene rings is 3. The number of halogens is 2. The Morgan fingerprint density at radius 2 is 1.53 bits per heavy atom. The summed E-state index contributed by atoms with van der Waals surface area (Å²) < 4.78 is 18.5. The van der Waals surface area contributed by atoms with Gasteiger partial charge in [0.1, 0.15) is 43.1 Å². The predicted octanol–water partition coefficient (Wildman–Crippen LogP) is 6.72. The Morgan fingerprint density at radius 1 is 0.816 bits per heavy atom. The largest absolute Gasteiger partial charge is 0.491 e. The van der Waals surface area contributed by atoms with Crippen LogP contribution in [0.3, 0.4) is 0 Å². The van der Waals surface area contributed by atoms with E-state index in [1.165, 1.54) is 12.6 Å². The second kappa shape index (κ2) is 17.2. The second-order valence-electron chi connectivity index (χ2n) is 12.5. The highest BCUT2D eigenvalue weighted by atomic mass is 35.5. The molecule has 0 aliphatic carbocycles. The van der Waals surface area contributed by atoms with Crippen LogP contribution in [0.2, 0.25) is 10.0 Å².